The van der Waals surface area contributed by atoms with E-state index < -0.39 is 0 Å². The smallest absolute Gasteiger partial charge is 0.333 e. The Morgan fingerprint density at radius 3 is 2.41 bits per heavy atom. The van der Waals surface area contributed by atoms with Gasteiger partial charge in [-0.25, -0.2) is 4.79 Å². The second-order valence-electron chi connectivity index (χ2n) is 5.37. The van der Waals surface area contributed by atoms with Gasteiger partial charge in [-0.1, -0.05) is 32.8 Å². The van der Waals surface area contributed by atoms with E-state index in [0.717, 1.165) is 19.3 Å². The molecule has 0 N–H and O–H groups in total. The van der Waals surface area contributed by atoms with E-state index in [2.05, 4.69) is 13.5 Å². The van der Waals surface area contributed by atoms with Gasteiger partial charge in [-0.2, -0.15) is 0 Å². The molecule has 1 aliphatic rings. The molecule has 2 heteroatoms. The zero-order chi connectivity index (χ0) is 12.7. The van der Waals surface area contributed by atoms with Crippen molar-refractivity contribution in [1.82, 2.24) is 0 Å². The Bertz CT molecular complexity index is 262. The molecule has 2 nitrogen and oxygen atoms in total. The number of ether oxygens (including phenoxy) is 1. The second kappa shape index (κ2) is 6.83. The molecule has 0 radical (unpaired) electrons. The van der Waals surface area contributed by atoms with E-state index in [0.29, 0.717) is 5.57 Å². The van der Waals surface area contributed by atoms with Crippen molar-refractivity contribution in [2.75, 3.05) is 0 Å². The molecule has 0 unspecified atom stereocenters. The molecule has 0 spiro atoms. The van der Waals surface area contributed by atoms with Gasteiger partial charge < -0.3 is 4.74 Å². The summed E-state index contributed by atoms with van der Waals surface area (Å²) in [5.41, 5.74) is 0.355. The van der Waals surface area contributed by atoms with Crippen LogP contribution in [0.25, 0.3) is 0 Å². The summed E-state index contributed by atoms with van der Waals surface area (Å²) in [5.74, 6) is -0.206. The first-order chi connectivity index (χ1) is 8.09. The van der Waals surface area contributed by atoms with E-state index in [1.54, 1.807) is 6.92 Å². The van der Waals surface area contributed by atoms with Crippen molar-refractivity contribution in [3.8, 4) is 0 Å². The Balaban J connectivity index is 2.45. The van der Waals surface area contributed by atoms with Crippen LogP contribution in [-0.2, 0) is 9.53 Å². The molecule has 0 aromatic carbocycles. The first kappa shape index (κ1) is 14.3. The van der Waals surface area contributed by atoms with Crippen LogP contribution in [0.1, 0.15) is 71.6 Å². The number of hydrogen-bond acceptors (Lipinski definition) is 2. The molecule has 17 heavy (non-hydrogen) atoms. The van der Waals surface area contributed by atoms with Crippen LogP contribution in [0.5, 0.6) is 0 Å². The number of unbranched alkanes of at least 4 members (excludes halogenated alkanes) is 3. The maximum Gasteiger partial charge on any atom is 0.333 e. The molecule has 0 heterocycles. The molecule has 1 aliphatic carbocycles. The largest absolute Gasteiger partial charge is 0.456 e. The van der Waals surface area contributed by atoms with Gasteiger partial charge >= 0.3 is 5.97 Å². The van der Waals surface area contributed by atoms with Gasteiger partial charge in [0.1, 0.15) is 5.60 Å². The highest BCUT2D eigenvalue weighted by atomic mass is 16.6. The van der Waals surface area contributed by atoms with Gasteiger partial charge in [-0.05, 0) is 45.4 Å². The van der Waals surface area contributed by atoms with Crippen molar-refractivity contribution < 1.29 is 9.53 Å². The van der Waals surface area contributed by atoms with Crippen LogP contribution in [0.2, 0.25) is 0 Å². The Morgan fingerprint density at radius 1 is 1.24 bits per heavy atom. The van der Waals surface area contributed by atoms with Gasteiger partial charge in [0.25, 0.3) is 0 Å². The summed E-state index contributed by atoms with van der Waals surface area (Å²) >= 11 is 0. The van der Waals surface area contributed by atoms with Gasteiger partial charge in [0.2, 0.25) is 0 Å². The van der Waals surface area contributed by atoms with Crippen molar-refractivity contribution >= 4 is 5.97 Å². The molecule has 0 aromatic heterocycles. The van der Waals surface area contributed by atoms with Crippen molar-refractivity contribution in [2.45, 2.75) is 77.2 Å². The Labute approximate surface area is 105 Å². The Hall–Kier alpha value is -0.790. The van der Waals surface area contributed by atoms with Crippen LogP contribution in [0, 0.1) is 0 Å². The molecule has 0 bridgehead atoms. The highest BCUT2D eigenvalue weighted by molar-refractivity contribution is 5.87. The fraction of sp³-hybridized carbons (Fsp3) is 0.800. The van der Waals surface area contributed by atoms with E-state index in [4.69, 9.17) is 4.74 Å². The Morgan fingerprint density at radius 2 is 1.88 bits per heavy atom. The molecule has 0 saturated heterocycles. The normalized spacial score (nSPS) is 18.0. The maximum absolute atomic E-state index is 11.7. The van der Waals surface area contributed by atoms with Crippen LogP contribution in [0.3, 0.4) is 0 Å². The highest BCUT2D eigenvalue weighted by Crippen LogP contribution is 2.38. The molecule has 1 fully saturated rings. The van der Waals surface area contributed by atoms with E-state index >= 15 is 0 Å². The number of esters is 1. The van der Waals surface area contributed by atoms with Gasteiger partial charge in [0, 0.05) is 5.57 Å². The molecular formula is C15H26O2. The minimum atomic E-state index is -0.206. The second-order valence-corrected chi connectivity index (χ2v) is 5.37. The summed E-state index contributed by atoms with van der Waals surface area (Å²) < 4.78 is 5.70. The fourth-order valence-corrected chi connectivity index (χ4v) is 2.58. The minimum Gasteiger partial charge on any atom is -0.456 e. The lowest BCUT2D eigenvalue weighted by Crippen LogP contribution is -2.32. The molecule has 0 aliphatic heterocycles. The van der Waals surface area contributed by atoms with Gasteiger partial charge in [-0.3, -0.25) is 0 Å². The van der Waals surface area contributed by atoms with Crippen molar-refractivity contribution in [3.63, 3.8) is 0 Å². The third-order valence-corrected chi connectivity index (χ3v) is 3.66. The van der Waals surface area contributed by atoms with Crippen LogP contribution in [0.4, 0.5) is 0 Å². The van der Waals surface area contributed by atoms with Gasteiger partial charge in [0.15, 0.2) is 0 Å². The quantitative estimate of drug-likeness (QED) is 0.373. The topological polar surface area (TPSA) is 26.3 Å². The Kier molecular flexibility index (Phi) is 5.73. The number of hydrogen-bond donors (Lipinski definition) is 0. The number of rotatable bonds is 7. The first-order valence-electron chi connectivity index (χ1n) is 6.98. The average molecular weight is 238 g/mol. The summed E-state index contributed by atoms with van der Waals surface area (Å²) in [4.78, 5) is 11.7. The number of carbonyl (C=O) groups is 1. The predicted molar refractivity (Wildman–Crippen MR) is 70.9 cm³/mol. The molecule has 0 amide bonds. The van der Waals surface area contributed by atoms with Crippen LogP contribution >= 0.6 is 0 Å². The standard InChI is InChI=1S/C15H26O2/c1-4-5-6-7-10-15(11-8-9-12-15)17-14(16)13(2)3/h2,4-12H2,1,3H3. The monoisotopic (exact) mass is 238 g/mol. The summed E-state index contributed by atoms with van der Waals surface area (Å²) in [5, 5.41) is 0. The van der Waals surface area contributed by atoms with Crippen molar-refractivity contribution in [2.24, 2.45) is 0 Å². The van der Waals surface area contributed by atoms with E-state index in [-0.39, 0.29) is 11.6 Å². The molecule has 1 rings (SSSR count). The SMILES string of the molecule is C=C(C)C(=O)OC1(CCCCCC)CCCC1. The zero-order valence-electron chi connectivity index (χ0n) is 11.4. The zero-order valence-corrected chi connectivity index (χ0v) is 11.4. The maximum atomic E-state index is 11.7. The number of carbonyl (C=O) groups excluding carboxylic acids is 1. The summed E-state index contributed by atoms with van der Waals surface area (Å²) in [6.07, 6.45) is 10.5. The third-order valence-electron chi connectivity index (χ3n) is 3.66. The molecule has 0 aromatic rings. The first-order valence-corrected chi connectivity index (χ1v) is 6.98. The van der Waals surface area contributed by atoms with Crippen molar-refractivity contribution in [1.29, 1.82) is 0 Å². The van der Waals surface area contributed by atoms with Crippen LogP contribution < -0.4 is 0 Å². The highest BCUT2D eigenvalue weighted by Gasteiger charge is 2.37. The van der Waals surface area contributed by atoms with Crippen LogP contribution in [0.15, 0.2) is 12.2 Å². The third kappa shape index (κ3) is 4.53. The molecular weight excluding hydrogens is 212 g/mol. The minimum absolute atomic E-state index is 0.163. The van der Waals surface area contributed by atoms with Gasteiger partial charge in [0.05, 0.1) is 0 Å². The van der Waals surface area contributed by atoms with E-state index in [1.807, 2.05) is 0 Å². The predicted octanol–water partition coefficient (Wildman–Crippen LogP) is 4.39. The van der Waals surface area contributed by atoms with Gasteiger partial charge in [-0.15, -0.1) is 0 Å². The molecule has 0 atom stereocenters. The van der Waals surface area contributed by atoms with E-state index in [1.165, 1.54) is 38.5 Å². The lowest BCUT2D eigenvalue weighted by molar-refractivity contribution is -0.155. The average Bonchev–Trinajstić information content (AvgIpc) is 2.73. The molecule has 98 valence electrons. The summed E-state index contributed by atoms with van der Waals surface area (Å²) in [6, 6.07) is 0. The summed E-state index contributed by atoms with van der Waals surface area (Å²) in [7, 11) is 0. The fourth-order valence-electron chi connectivity index (χ4n) is 2.58. The lowest BCUT2D eigenvalue weighted by Gasteiger charge is -2.29. The molecule has 1 saturated carbocycles. The van der Waals surface area contributed by atoms with Crippen molar-refractivity contribution in [3.05, 3.63) is 12.2 Å². The van der Waals surface area contributed by atoms with Crippen LogP contribution in [-0.4, -0.2) is 11.6 Å². The lowest BCUT2D eigenvalue weighted by atomic mass is 9.93. The van der Waals surface area contributed by atoms with E-state index in [9.17, 15) is 4.79 Å². The summed E-state index contributed by atoms with van der Waals surface area (Å²) in [6.45, 7) is 7.60.